The van der Waals surface area contributed by atoms with E-state index >= 15 is 0 Å². The van der Waals surface area contributed by atoms with Crippen LogP contribution in [0.1, 0.15) is 36.6 Å². The van der Waals surface area contributed by atoms with Crippen molar-refractivity contribution in [2.75, 3.05) is 7.05 Å². The van der Waals surface area contributed by atoms with Gasteiger partial charge in [-0.15, -0.1) is 10.2 Å². The van der Waals surface area contributed by atoms with Crippen LogP contribution >= 0.6 is 11.8 Å². The molecule has 1 aliphatic heterocycles. The number of nitrogens with one attached hydrogen (secondary N) is 1. The summed E-state index contributed by atoms with van der Waals surface area (Å²) >= 11 is 1.71. The normalized spacial score (nSPS) is 15.1. The van der Waals surface area contributed by atoms with Crippen LogP contribution in [0.3, 0.4) is 0 Å². The number of furan rings is 1. The van der Waals surface area contributed by atoms with Gasteiger partial charge in [0.1, 0.15) is 17.3 Å². The zero-order valence-corrected chi connectivity index (χ0v) is 12.6. The number of hydrogen-bond acceptors (Lipinski definition) is 5. The minimum absolute atomic E-state index is 0.769. The highest BCUT2D eigenvalue weighted by Crippen LogP contribution is 2.25. The molecule has 5 nitrogen and oxygen atoms in total. The van der Waals surface area contributed by atoms with Gasteiger partial charge in [0, 0.05) is 13.0 Å². The summed E-state index contributed by atoms with van der Waals surface area (Å²) in [5.74, 6) is 3.91. The number of nitrogens with zero attached hydrogens (tertiary/aromatic N) is 3. The number of hydrogen-bond donors (Lipinski definition) is 1. The third kappa shape index (κ3) is 3.07. The molecule has 0 spiro atoms. The van der Waals surface area contributed by atoms with Crippen LogP contribution in [0, 0.1) is 0 Å². The third-order valence-corrected chi connectivity index (χ3v) is 4.48. The summed E-state index contributed by atoms with van der Waals surface area (Å²) in [6.45, 7) is 1.82. The smallest absolute Gasteiger partial charge is 0.191 e. The van der Waals surface area contributed by atoms with Gasteiger partial charge in [-0.3, -0.25) is 0 Å². The number of aromatic nitrogens is 3. The van der Waals surface area contributed by atoms with Gasteiger partial charge in [0.2, 0.25) is 0 Å². The maximum absolute atomic E-state index is 5.75. The summed E-state index contributed by atoms with van der Waals surface area (Å²) in [4.78, 5) is 0. The minimum atomic E-state index is 0.769. The molecule has 20 heavy (non-hydrogen) atoms. The number of thioether (sulfide) groups is 1. The molecule has 0 saturated carbocycles. The van der Waals surface area contributed by atoms with Crippen molar-refractivity contribution in [3.05, 3.63) is 29.5 Å². The molecule has 1 aliphatic rings. The van der Waals surface area contributed by atoms with Gasteiger partial charge in [-0.25, -0.2) is 0 Å². The first-order chi connectivity index (χ1) is 9.86. The summed E-state index contributed by atoms with van der Waals surface area (Å²) in [5, 5.41) is 12.7. The fraction of sp³-hybridized carbons (Fsp3) is 0.571. The van der Waals surface area contributed by atoms with Crippen molar-refractivity contribution in [2.24, 2.45) is 0 Å². The lowest BCUT2D eigenvalue weighted by Crippen LogP contribution is -2.03. The highest BCUT2D eigenvalue weighted by molar-refractivity contribution is 7.98. The molecular weight excluding hydrogens is 272 g/mol. The van der Waals surface area contributed by atoms with Crippen molar-refractivity contribution >= 4 is 11.8 Å². The van der Waals surface area contributed by atoms with Crippen LogP contribution in [0.15, 0.2) is 21.7 Å². The molecule has 3 heterocycles. The first kappa shape index (κ1) is 13.7. The SMILES string of the molecule is CNCc1ccc(CSc2nnc3n2CCCCC3)o1. The van der Waals surface area contributed by atoms with Crippen molar-refractivity contribution < 1.29 is 4.42 Å². The molecule has 0 aliphatic carbocycles. The summed E-state index contributed by atoms with van der Waals surface area (Å²) in [7, 11) is 1.92. The summed E-state index contributed by atoms with van der Waals surface area (Å²) < 4.78 is 8.02. The molecule has 0 saturated heterocycles. The monoisotopic (exact) mass is 292 g/mol. The maximum Gasteiger partial charge on any atom is 0.191 e. The van der Waals surface area contributed by atoms with Crippen molar-refractivity contribution in [3.8, 4) is 0 Å². The number of rotatable bonds is 5. The first-order valence-corrected chi connectivity index (χ1v) is 8.12. The van der Waals surface area contributed by atoms with E-state index in [2.05, 4.69) is 20.1 Å². The van der Waals surface area contributed by atoms with Crippen LogP contribution in [0.4, 0.5) is 0 Å². The van der Waals surface area contributed by atoms with E-state index in [4.69, 9.17) is 4.42 Å². The Hall–Kier alpha value is -1.27. The topological polar surface area (TPSA) is 55.9 Å². The lowest BCUT2D eigenvalue weighted by Gasteiger charge is -2.05. The predicted molar refractivity (Wildman–Crippen MR) is 78.6 cm³/mol. The standard InChI is InChI=1S/C14H20N4OS/c1-15-9-11-6-7-12(19-11)10-20-14-17-16-13-5-3-2-4-8-18(13)14/h6-7,15H,2-5,8-10H2,1H3. The molecule has 0 radical (unpaired) electrons. The Morgan fingerprint density at radius 1 is 1.25 bits per heavy atom. The Morgan fingerprint density at radius 3 is 3.05 bits per heavy atom. The first-order valence-electron chi connectivity index (χ1n) is 7.14. The molecule has 2 aromatic rings. The van der Waals surface area contributed by atoms with E-state index in [0.29, 0.717) is 0 Å². The maximum atomic E-state index is 5.75. The van der Waals surface area contributed by atoms with Crippen LogP contribution in [0.5, 0.6) is 0 Å². The molecule has 0 amide bonds. The second kappa shape index (κ2) is 6.45. The van der Waals surface area contributed by atoms with Crippen LogP contribution < -0.4 is 5.32 Å². The van der Waals surface area contributed by atoms with Gasteiger partial charge in [0.25, 0.3) is 0 Å². The Labute approximate surface area is 123 Å². The second-order valence-electron chi connectivity index (χ2n) is 5.05. The van der Waals surface area contributed by atoms with Crippen LogP contribution in [-0.4, -0.2) is 21.8 Å². The highest BCUT2D eigenvalue weighted by atomic mass is 32.2. The van der Waals surface area contributed by atoms with Gasteiger partial charge in [0.05, 0.1) is 12.3 Å². The molecule has 6 heteroatoms. The van der Waals surface area contributed by atoms with E-state index in [0.717, 1.165) is 47.8 Å². The van der Waals surface area contributed by atoms with Gasteiger partial charge < -0.3 is 14.3 Å². The van der Waals surface area contributed by atoms with Gasteiger partial charge in [-0.2, -0.15) is 0 Å². The Kier molecular flexibility index (Phi) is 4.42. The van der Waals surface area contributed by atoms with Crippen molar-refractivity contribution in [1.82, 2.24) is 20.1 Å². The Balaban J connectivity index is 1.64. The van der Waals surface area contributed by atoms with E-state index in [-0.39, 0.29) is 0 Å². The molecule has 0 bridgehead atoms. The van der Waals surface area contributed by atoms with E-state index in [1.54, 1.807) is 11.8 Å². The highest BCUT2D eigenvalue weighted by Gasteiger charge is 2.15. The molecule has 0 fully saturated rings. The summed E-state index contributed by atoms with van der Waals surface area (Å²) in [6, 6.07) is 4.07. The molecular formula is C14H20N4OS. The molecule has 3 rings (SSSR count). The number of fused-ring (bicyclic) bond motifs is 1. The molecule has 1 N–H and O–H groups in total. The molecule has 2 aromatic heterocycles. The Morgan fingerprint density at radius 2 is 2.15 bits per heavy atom. The van der Waals surface area contributed by atoms with E-state index < -0.39 is 0 Å². The van der Waals surface area contributed by atoms with Gasteiger partial charge in [-0.05, 0) is 32.0 Å². The average molecular weight is 292 g/mol. The number of aryl methyl sites for hydroxylation is 1. The third-order valence-electron chi connectivity index (χ3n) is 3.49. The zero-order valence-electron chi connectivity index (χ0n) is 11.8. The van der Waals surface area contributed by atoms with Crippen molar-refractivity contribution in [3.63, 3.8) is 0 Å². The largest absolute Gasteiger partial charge is 0.464 e. The molecule has 0 atom stereocenters. The average Bonchev–Trinajstić information content (AvgIpc) is 2.98. The quantitative estimate of drug-likeness (QED) is 0.859. The van der Waals surface area contributed by atoms with Gasteiger partial charge >= 0.3 is 0 Å². The predicted octanol–water partition coefficient (Wildman–Crippen LogP) is 2.61. The zero-order chi connectivity index (χ0) is 13.8. The molecule has 0 aromatic carbocycles. The van der Waals surface area contributed by atoms with Crippen LogP contribution in [-0.2, 0) is 25.3 Å². The minimum Gasteiger partial charge on any atom is -0.464 e. The van der Waals surface area contributed by atoms with E-state index in [1.807, 2.05) is 19.2 Å². The van der Waals surface area contributed by atoms with Crippen molar-refractivity contribution in [1.29, 1.82) is 0 Å². The lowest BCUT2D eigenvalue weighted by molar-refractivity contribution is 0.468. The molecule has 108 valence electrons. The fourth-order valence-corrected chi connectivity index (χ4v) is 3.35. The van der Waals surface area contributed by atoms with Crippen LogP contribution in [0.2, 0.25) is 0 Å². The fourth-order valence-electron chi connectivity index (χ4n) is 2.47. The lowest BCUT2D eigenvalue weighted by atomic mass is 10.2. The van der Waals surface area contributed by atoms with Crippen molar-refractivity contribution in [2.45, 2.75) is 49.7 Å². The van der Waals surface area contributed by atoms with Crippen LogP contribution in [0.25, 0.3) is 0 Å². The summed E-state index contributed by atoms with van der Waals surface area (Å²) in [6.07, 6.45) is 4.81. The second-order valence-corrected chi connectivity index (χ2v) is 5.99. The van der Waals surface area contributed by atoms with E-state index in [9.17, 15) is 0 Å². The van der Waals surface area contributed by atoms with Gasteiger partial charge in [0.15, 0.2) is 5.16 Å². The molecule has 0 unspecified atom stereocenters. The Bertz CT molecular complexity index is 563. The van der Waals surface area contributed by atoms with E-state index in [1.165, 1.54) is 19.3 Å². The van der Waals surface area contributed by atoms with Gasteiger partial charge in [-0.1, -0.05) is 18.2 Å². The summed E-state index contributed by atoms with van der Waals surface area (Å²) in [5.41, 5.74) is 0.